The van der Waals surface area contributed by atoms with E-state index in [4.69, 9.17) is 0 Å². The summed E-state index contributed by atoms with van der Waals surface area (Å²) in [5.74, 6) is 0.689. The molecule has 3 nitrogen and oxygen atoms in total. The molecule has 2 N–H and O–H groups in total. The lowest BCUT2D eigenvalue weighted by Gasteiger charge is -2.10. The molecule has 0 spiro atoms. The number of carbonyl (C=O) groups is 1. The van der Waals surface area contributed by atoms with Crippen LogP contribution in [-0.2, 0) is 11.3 Å². The summed E-state index contributed by atoms with van der Waals surface area (Å²) < 4.78 is 0. The van der Waals surface area contributed by atoms with Gasteiger partial charge in [0, 0.05) is 13.0 Å². The maximum absolute atomic E-state index is 11.7. The first-order chi connectivity index (χ1) is 8.25. The van der Waals surface area contributed by atoms with Crippen molar-refractivity contribution in [3.8, 4) is 0 Å². The van der Waals surface area contributed by atoms with Crippen molar-refractivity contribution in [2.45, 2.75) is 26.3 Å². The number of benzene rings is 1. The van der Waals surface area contributed by atoms with Crippen LogP contribution in [0.25, 0.3) is 0 Å². The Morgan fingerprint density at radius 3 is 3.00 bits per heavy atom. The van der Waals surface area contributed by atoms with Crippen LogP contribution in [0, 0.1) is 12.8 Å². The summed E-state index contributed by atoms with van der Waals surface area (Å²) in [5.41, 5.74) is 2.43. The van der Waals surface area contributed by atoms with Crippen LogP contribution in [0.5, 0.6) is 0 Å². The Morgan fingerprint density at radius 1 is 1.47 bits per heavy atom. The summed E-state index contributed by atoms with van der Waals surface area (Å²) >= 11 is 0. The van der Waals surface area contributed by atoms with E-state index in [1.165, 1.54) is 11.1 Å². The minimum absolute atomic E-state index is 0.168. The van der Waals surface area contributed by atoms with E-state index in [-0.39, 0.29) is 5.91 Å². The minimum Gasteiger partial charge on any atom is -0.352 e. The van der Waals surface area contributed by atoms with Gasteiger partial charge in [0.25, 0.3) is 0 Å². The first-order valence-electron chi connectivity index (χ1n) is 6.27. The summed E-state index contributed by atoms with van der Waals surface area (Å²) in [6.07, 6.45) is 1.77. The zero-order valence-corrected chi connectivity index (χ0v) is 10.3. The third kappa shape index (κ3) is 3.56. The molecule has 0 bridgehead atoms. The van der Waals surface area contributed by atoms with Crippen LogP contribution < -0.4 is 10.6 Å². The van der Waals surface area contributed by atoms with Crippen molar-refractivity contribution in [2.75, 3.05) is 13.1 Å². The van der Waals surface area contributed by atoms with Gasteiger partial charge >= 0.3 is 0 Å². The molecule has 1 aromatic rings. The van der Waals surface area contributed by atoms with E-state index in [1.807, 2.05) is 12.1 Å². The van der Waals surface area contributed by atoms with E-state index in [1.54, 1.807) is 0 Å². The molecule has 0 radical (unpaired) electrons. The van der Waals surface area contributed by atoms with Crippen LogP contribution in [-0.4, -0.2) is 19.0 Å². The number of rotatable bonds is 4. The normalized spacial score (nSPS) is 19.2. The second-order valence-corrected chi connectivity index (χ2v) is 4.77. The maximum atomic E-state index is 11.7. The van der Waals surface area contributed by atoms with Crippen molar-refractivity contribution in [3.63, 3.8) is 0 Å². The fraction of sp³-hybridized carbons (Fsp3) is 0.500. The van der Waals surface area contributed by atoms with Crippen molar-refractivity contribution >= 4 is 5.91 Å². The van der Waals surface area contributed by atoms with E-state index in [0.717, 1.165) is 19.5 Å². The third-order valence-electron chi connectivity index (χ3n) is 3.37. The van der Waals surface area contributed by atoms with Crippen molar-refractivity contribution < 1.29 is 4.79 Å². The Bertz CT molecular complexity index is 384. The fourth-order valence-electron chi connectivity index (χ4n) is 2.23. The monoisotopic (exact) mass is 232 g/mol. The van der Waals surface area contributed by atoms with Gasteiger partial charge in [0.2, 0.25) is 5.91 Å². The highest BCUT2D eigenvalue weighted by atomic mass is 16.1. The van der Waals surface area contributed by atoms with Gasteiger partial charge < -0.3 is 10.6 Å². The van der Waals surface area contributed by atoms with Gasteiger partial charge in [0.15, 0.2) is 0 Å². The molecule has 1 aliphatic heterocycles. The molecular weight excluding hydrogens is 212 g/mol. The predicted molar refractivity (Wildman–Crippen MR) is 68.6 cm³/mol. The number of carbonyl (C=O) groups excluding carboxylic acids is 1. The fourth-order valence-corrected chi connectivity index (χ4v) is 2.23. The molecule has 1 atom stereocenters. The molecule has 1 fully saturated rings. The minimum atomic E-state index is 0.168. The van der Waals surface area contributed by atoms with E-state index < -0.39 is 0 Å². The summed E-state index contributed by atoms with van der Waals surface area (Å²) in [4.78, 5) is 11.7. The first-order valence-corrected chi connectivity index (χ1v) is 6.27. The van der Waals surface area contributed by atoms with E-state index in [2.05, 4.69) is 29.7 Å². The first kappa shape index (κ1) is 12.1. The Balaban J connectivity index is 1.77. The van der Waals surface area contributed by atoms with E-state index in [9.17, 15) is 4.79 Å². The lowest BCUT2D eigenvalue weighted by Crippen LogP contribution is -2.26. The van der Waals surface area contributed by atoms with Gasteiger partial charge in [-0.15, -0.1) is 0 Å². The average Bonchev–Trinajstić information content (AvgIpc) is 2.81. The third-order valence-corrected chi connectivity index (χ3v) is 3.37. The van der Waals surface area contributed by atoms with Crippen LogP contribution in [0.15, 0.2) is 24.3 Å². The van der Waals surface area contributed by atoms with Crippen LogP contribution in [0.3, 0.4) is 0 Å². The lowest BCUT2D eigenvalue weighted by atomic mass is 10.0. The number of amides is 1. The number of nitrogens with one attached hydrogen (secondary N) is 2. The number of aryl methyl sites for hydroxylation is 1. The Morgan fingerprint density at radius 2 is 2.29 bits per heavy atom. The highest BCUT2D eigenvalue weighted by molar-refractivity contribution is 5.76. The zero-order valence-electron chi connectivity index (χ0n) is 10.3. The highest BCUT2D eigenvalue weighted by Gasteiger charge is 2.17. The molecule has 0 aliphatic carbocycles. The quantitative estimate of drug-likeness (QED) is 0.828. The van der Waals surface area contributed by atoms with Gasteiger partial charge in [-0.2, -0.15) is 0 Å². The molecule has 1 saturated heterocycles. The van der Waals surface area contributed by atoms with E-state index >= 15 is 0 Å². The van der Waals surface area contributed by atoms with Gasteiger partial charge in [-0.05, 0) is 43.5 Å². The molecule has 17 heavy (non-hydrogen) atoms. The highest BCUT2D eigenvalue weighted by Crippen LogP contribution is 2.12. The molecule has 1 aromatic carbocycles. The van der Waals surface area contributed by atoms with Crippen molar-refractivity contribution in [1.82, 2.24) is 10.6 Å². The van der Waals surface area contributed by atoms with Gasteiger partial charge in [-0.1, -0.05) is 24.3 Å². The molecule has 0 aromatic heterocycles. The Hall–Kier alpha value is -1.35. The molecule has 0 saturated carbocycles. The van der Waals surface area contributed by atoms with Crippen LogP contribution in [0.1, 0.15) is 24.0 Å². The smallest absolute Gasteiger partial charge is 0.220 e. The summed E-state index contributed by atoms with van der Waals surface area (Å²) in [5, 5.41) is 6.28. The van der Waals surface area contributed by atoms with Crippen molar-refractivity contribution in [1.29, 1.82) is 0 Å². The van der Waals surface area contributed by atoms with Crippen LogP contribution >= 0.6 is 0 Å². The Kier molecular flexibility index (Phi) is 4.15. The molecule has 1 heterocycles. The van der Waals surface area contributed by atoms with Crippen molar-refractivity contribution in [3.05, 3.63) is 35.4 Å². The maximum Gasteiger partial charge on any atom is 0.220 e. The predicted octanol–water partition coefficient (Wildman–Crippen LogP) is 1.61. The zero-order chi connectivity index (χ0) is 12.1. The molecule has 3 heteroatoms. The SMILES string of the molecule is Cc1ccccc1CNC(=O)CC1CCNC1. The van der Waals surface area contributed by atoms with Crippen LogP contribution in [0.4, 0.5) is 0 Å². The second kappa shape index (κ2) is 5.82. The molecular formula is C14H20N2O. The van der Waals surface area contributed by atoms with Gasteiger partial charge in [0.1, 0.15) is 0 Å². The standard InChI is InChI=1S/C14H20N2O/c1-11-4-2-3-5-13(11)10-16-14(17)8-12-6-7-15-9-12/h2-5,12,15H,6-10H2,1H3,(H,16,17). The molecule has 92 valence electrons. The van der Waals surface area contributed by atoms with Gasteiger partial charge in [0.05, 0.1) is 0 Å². The van der Waals surface area contributed by atoms with E-state index in [0.29, 0.717) is 18.9 Å². The molecule has 2 rings (SSSR count). The number of hydrogen-bond acceptors (Lipinski definition) is 2. The molecule has 1 amide bonds. The van der Waals surface area contributed by atoms with Crippen LogP contribution in [0.2, 0.25) is 0 Å². The lowest BCUT2D eigenvalue weighted by molar-refractivity contribution is -0.122. The van der Waals surface area contributed by atoms with Gasteiger partial charge in [-0.25, -0.2) is 0 Å². The summed E-state index contributed by atoms with van der Waals surface area (Å²) in [6.45, 7) is 4.75. The largest absolute Gasteiger partial charge is 0.352 e. The van der Waals surface area contributed by atoms with Gasteiger partial charge in [-0.3, -0.25) is 4.79 Å². The molecule has 1 aliphatic rings. The summed E-state index contributed by atoms with van der Waals surface area (Å²) in [6, 6.07) is 8.16. The summed E-state index contributed by atoms with van der Waals surface area (Å²) in [7, 11) is 0. The topological polar surface area (TPSA) is 41.1 Å². The Labute approximate surface area is 103 Å². The average molecular weight is 232 g/mol. The number of hydrogen-bond donors (Lipinski definition) is 2. The molecule has 1 unspecified atom stereocenters. The van der Waals surface area contributed by atoms with Crippen molar-refractivity contribution in [2.24, 2.45) is 5.92 Å². The second-order valence-electron chi connectivity index (χ2n) is 4.77.